The van der Waals surface area contributed by atoms with Gasteiger partial charge >= 0.3 is 0 Å². The molecule has 1 saturated heterocycles. The summed E-state index contributed by atoms with van der Waals surface area (Å²) >= 11 is 0. The quantitative estimate of drug-likeness (QED) is 0.901. The molecule has 1 aliphatic heterocycles. The number of hydrogen-bond acceptors (Lipinski definition) is 3. The molecule has 1 N–H and O–H groups in total. The van der Waals surface area contributed by atoms with Gasteiger partial charge in [-0.05, 0) is 31.4 Å². The third-order valence-corrected chi connectivity index (χ3v) is 6.16. The number of piperidine rings is 1. The molecule has 0 amide bonds. The molecule has 112 valence electrons. The van der Waals surface area contributed by atoms with Crippen LogP contribution in [0.15, 0.2) is 30.3 Å². The van der Waals surface area contributed by atoms with Gasteiger partial charge in [-0.25, -0.2) is 12.7 Å². The average Bonchev–Trinajstić information content (AvgIpc) is 2.48. The molecule has 0 bridgehead atoms. The maximum Gasteiger partial charge on any atom is 0.214 e. The second kappa shape index (κ2) is 6.70. The lowest BCUT2D eigenvalue weighted by Gasteiger charge is -2.31. The molecule has 4 nitrogen and oxygen atoms in total. The van der Waals surface area contributed by atoms with Gasteiger partial charge in [0.25, 0.3) is 0 Å². The zero-order valence-corrected chi connectivity index (χ0v) is 13.1. The highest BCUT2D eigenvalue weighted by molar-refractivity contribution is 7.89. The van der Waals surface area contributed by atoms with Crippen molar-refractivity contribution >= 4 is 10.0 Å². The zero-order chi connectivity index (χ0) is 14.6. The number of nitrogens with one attached hydrogen (secondary N) is 1. The summed E-state index contributed by atoms with van der Waals surface area (Å²) in [4.78, 5) is 0. The molecular formula is C15H24N2O2S. The van der Waals surface area contributed by atoms with E-state index in [1.54, 1.807) is 4.31 Å². The van der Waals surface area contributed by atoms with Gasteiger partial charge in [0.05, 0.1) is 5.75 Å². The molecular weight excluding hydrogens is 272 g/mol. The summed E-state index contributed by atoms with van der Waals surface area (Å²) < 4.78 is 26.6. The SMILES string of the molecule is CNC1CCN(S(=O)(=O)CC(C)c2ccccc2)CC1. The largest absolute Gasteiger partial charge is 0.317 e. The van der Waals surface area contributed by atoms with E-state index in [2.05, 4.69) is 5.32 Å². The van der Waals surface area contributed by atoms with Crippen LogP contribution < -0.4 is 5.32 Å². The van der Waals surface area contributed by atoms with Gasteiger partial charge in [0.1, 0.15) is 0 Å². The lowest BCUT2D eigenvalue weighted by molar-refractivity contribution is 0.298. The van der Waals surface area contributed by atoms with Crippen LogP contribution in [0.2, 0.25) is 0 Å². The van der Waals surface area contributed by atoms with Gasteiger partial charge in [0, 0.05) is 19.1 Å². The summed E-state index contributed by atoms with van der Waals surface area (Å²) in [6.45, 7) is 3.25. The van der Waals surface area contributed by atoms with Crippen LogP contribution in [0, 0.1) is 0 Å². The highest BCUT2D eigenvalue weighted by Gasteiger charge is 2.28. The Hall–Kier alpha value is -0.910. The summed E-state index contributed by atoms with van der Waals surface area (Å²) in [6, 6.07) is 10.3. The molecule has 0 spiro atoms. The Morgan fingerprint density at radius 3 is 2.40 bits per heavy atom. The van der Waals surface area contributed by atoms with Crippen molar-refractivity contribution in [3.05, 3.63) is 35.9 Å². The Balaban J connectivity index is 1.98. The van der Waals surface area contributed by atoms with E-state index in [9.17, 15) is 8.42 Å². The smallest absolute Gasteiger partial charge is 0.214 e. The van der Waals surface area contributed by atoms with Gasteiger partial charge in [0.15, 0.2) is 0 Å². The lowest BCUT2D eigenvalue weighted by atomic mass is 10.0. The van der Waals surface area contributed by atoms with Crippen molar-refractivity contribution in [1.29, 1.82) is 0 Å². The van der Waals surface area contributed by atoms with Gasteiger partial charge in [-0.3, -0.25) is 0 Å². The van der Waals surface area contributed by atoms with Crippen LogP contribution in [0.4, 0.5) is 0 Å². The number of sulfonamides is 1. The molecule has 1 atom stereocenters. The van der Waals surface area contributed by atoms with Crippen molar-refractivity contribution < 1.29 is 8.42 Å². The first-order valence-electron chi connectivity index (χ1n) is 7.23. The van der Waals surface area contributed by atoms with E-state index < -0.39 is 10.0 Å². The molecule has 0 aromatic heterocycles. The van der Waals surface area contributed by atoms with E-state index in [-0.39, 0.29) is 11.7 Å². The first kappa shape index (κ1) is 15.5. The molecule has 2 rings (SSSR count). The summed E-state index contributed by atoms with van der Waals surface area (Å²) in [7, 11) is -1.22. The molecule has 20 heavy (non-hydrogen) atoms. The Kier molecular flexibility index (Phi) is 5.18. The monoisotopic (exact) mass is 296 g/mol. The number of benzene rings is 1. The summed E-state index contributed by atoms with van der Waals surface area (Å²) in [5, 5.41) is 3.22. The number of rotatable bonds is 5. The number of hydrogen-bond donors (Lipinski definition) is 1. The Bertz CT molecular complexity index is 508. The topological polar surface area (TPSA) is 49.4 Å². The predicted octanol–water partition coefficient (Wildman–Crippen LogP) is 1.80. The van der Waals surface area contributed by atoms with E-state index >= 15 is 0 Å². The molecule has 0 saturated carbocycles. The average molecular weight is 296 g/mol. The van der Waals surface area contributed by atoms with Crippen molar-refractivity contribution in [2.24, 2.45) is 0 Å². The molecule has 0 radical (unpaired) electrons. The Labute approximate surface area is 122 Å². The fraction of sp³-hybridized carbons (Fsp3) is 0.600. The fourth-order valence-corrected chi connectivity index (χ4v) is 4.52. The summed E-state index contributed by atoms with van der Waals surface area (Å²) in [5.74, 6) is 0.226. The first-order valence-corrected chi connectivity index (χ1v) is 8.84. The molecule has 1 aromatic carbocycles. The minimum Gasteiger partial charge on any atom is -0.317 e. The van der Waals surface area contributed by atoms with Gasteiger partial charge in [0.2, 0.25) is 10.0 Å². The normalized spacial score (nSPS) is 19.9. The van der Waals surface area contributed by atoms with Gasteiger partial charge in [-0.2, -0.15) is 0 Å². The van der Waals surface area contributed by atoms with Crippen LogP contribution in [0.25, 0.3) is 0 Å². The van der Waals surface area contributed by atoms with Crippen molar-refractivity contribution in [3.8, 4) is 0 Å². The van der Waals surface area contributed by atoms with Gasteiger partial charge in [-0.15, -0.1) is 0 Å². The zero-order valence-electron chi connectivity index (χ0n) is 12.2. The van der Waals surface area contributed by atoms with E-state index in [1.165, 1.54) is 0 Å². The van der Waals surface area contributed by atoms with Crippen LogP contribution in [-0.4, -0.2) is 44.7 Å². The molecule has 1 aromatic rings. The molecule has 1 heterocycles. The van der Waals surface area contributed by atoms with Crippen LogP contribution in [-0.2, 0) is 10.0 Å². The van der Waals surface area contributed by atoms with Gasteiger partial charge in [-0.1, -0.05) is 37.3 Å². The standard InChI is InChI=1S/C15H24N2O2S/c1-13(14-6-4-3-5-7-14)12-20(18,19)17-10-8-15(16-2)9-11-17/h3-7,13,15-16H,8-12H2,1-2H3. The van der Waals surface area contributed by atoms with Gasteiger partial charge < -0.3 is 5.32 Å². The second-order valence-corrected chi connectivity index (χ2v) is 7.57. The van der Waals surface area contributed by atoms with E-state index in [1.807, 2.05) is 44.3 Å². The van der Waals surface area contributed by atoms with E-state index in [0.717, 1.165) is 18.4 Å². The van der Waals surface area contributed by atoms with E-state index in [4.69, 9.17) is 0 Å². The third kappa shape index (κ3) is 3.81. The van der Waals surface area contributed by atoms with E-state index in [0.29, 0.717) is 19.1 Å². The van der Waals surface area contributed by atoms with Crippen molar-refractivity contribution in [3.63, 3.8) is 0 Å². The maximum absolute atomic E-state index is 12.5. The van der Waals surface area contributed by atoms with Crippen LogP contribution in [0.5, 0.6) is 0 Å². The second-order valence-electron chi connectivity index (χ2n) is 5.55. The van der Waals surface area contributed by atoms with Crippen LogP contribution in [0.3, 0.4) is 0 Å². The molecule has 1 unspecified atom stereocenters. The summed E-state index contributed by atoms with van der Waals surface area (Å²) in [5.41, 5.74) is 1.08. The lowest BCUT2D eigenvalue weighted by Crippen LogP contribution is -2.45. The Morgan fingerprint density at radius 1 is 1.25 bits per heavy atom. The molecule has 1 fully saturated rings. The minimum absolute atomic E-state index is 0.0308. The van der Waals surface area contributed by atoms with Crippen LogP contribution >= 0.6 is 0 Å². The predicted molar refractivity (Wildman–Crippen MR) is 82.3 cm³/mol. The van der Waals surface area contributed by atoms with Crippen molar-refractivity contribution in [2.75, 3.05) is 25.9 Å². The van der Waals surface area contributed by atoms with Crippen molar-refractivity contribution in [1.82, 2.24) is 9.62 Å². The third-order valence-electron chi connectivity index (χ3n) is 4.08. The van der Waals surface area contributed by atoms with Crippen molar-refractivity contribution in [2.45, 2.75) is 31.7 Å². The molecule has 1 aliphatic rings. The first-order chi connectivity index (χ1) is 9.53. The highest BCUT2D eigenvalue weighted by Crippen LogP contribution is 2.21. The van der Waals surface area contributed by atoms with Crippen LogP contribution in [0.1, 0.15) is 31.2 Å². The maximum atomic E-state index is 12.5. The Morgan fingerprint density at radius 2 is 1.85 bits per heavy atom. The summed E-state index contributed by atoms with van der Waals surface area (Å²) in [6.07, 6.45) is 1.80. The number of nitrogens with zero attached hydrogens (tertiary/aromatic N) is 1. The molecule has 5 heteroatoms. The molecule has 0 aliphatic carbocycles. The highest BCUT2D eigenvalue weighted by atomic mass is 32.2. The fourth-order valence-electron chi connectivity index (χ4n) is 2.72. The minimum atomic E-state index is -3.16.